The van der Waals surface area contributed by atoms with Crippen LogP contribution in [0.5, 0.6) is 11.5 Å². The number of carbonyl (C=O) groups is 1. The molecule has 7 nitrogen and oxygen atoms in total. The fourth-order valence-electron chi connectivity index (χ4n) is 3.00. The quantitative estimate of drug-likeness (QED) is 0.557. The third kappa shape index (κ3) is 5.86. The van der Waals surface area contributed by atoms with Gasteiger partial charge in [0.15, 0.2) is 18.1 Å². The first kappa shape index (κ1) is 21.9. The minimum atomic E-state index is -0.331. The molecule has 0 atom stereocenters. The number of imidazole rings is 1. The van der Waals surface area contributed by atoms with Gasteiger partial charge in [-0.25, -0.2) is 4.98 Å². The highest BCUT2D eigenvalue weighted by Gasteiger charge is 2.15. The first-order valence-corrected chi connectivity index (χ1v) is 10.1. The Hall–Kier alpha value is -3.79. The molecule has 0 saturated heterocycles. The van der Waals surface area contributed by atoms with Gasteiger partial charge in [0.1, 0.15) is 11.9 Å². The van der Waals surface area contributed by atoms with Gasteiger partial charge < -0.3 is 19.8 Å². The van der Waals surface area contributed by atoms with E-state index in [1.807, 2.05) is 52.0 Å². The maximum absolute atomic E-state index is 12.1. The second-order valence-corrected chi connectivity index (χ2v) is 8.00. The molecule has 1 amide bonds. The number of fused-ring (bicyclic) bond motifs is 1. The number of rotatable bonds is 7. The van der Waals surface area contributed by atoms with Crippen LogP contribution in [0.2, 0.25) is 0 Å². The monoisotopic (exact) mass is 418 g/mol. The van der Waals surface area contributed by atoms with Gasteiger partial charge in [-0.3, -0.25) is 4.79 Å². The first-order valence-electron chi connectivity index (χ1n) is 10.1. The van der Waals surface area contributed by atoms with Gasteiger partial charge in [0.05, 0.1) is 23.2 Å². The number of hydrogen-bond donors (Lipinski definition) is 2. The summed E-state index contributed by atoms with van der Waals surface area (Å²) in [5.41, 5.74) is 2.49. The van der Waals surface area contributed by atoms with Crippen molar-refractivity contribution >= 4 is 28.6 Å². The van der Waals surface area contributed by atoms with Crippen LogP contribution in [0.3, 0.4) is 0 Å². The molecule has 0 spiro atoms. The zero-order valence-electron chi connectivity index (χ0n) is 18.2. The fourth-order valence-corrected chi connectivity index (χ4v) is 3.00. The predicted molar refractivity (Wildman–Crippen MR) is 121 cm³/mol. The number of hydrogen-bond acceptors (Lipinski definition) is 5. The van der Waals surface area contributed by atoms with E-state index in [9.17, 15) is 10.1 Å². The van der Waals surface area contributed by atoms with E-state index >= 15 is 0 Å². The van der Waals surface area contributed by atoms with E-state index in [1.54, 1.807) is 24.3 Å². The Bertz CT molecular complexity index is 1120. The van der Waals surface area contributed by atoms with Gasteiger partial charge in [-0.15, -0.1) is 0 Å². The molecule has 0 unspecified atom stereocenters. The highest BCUT2D eigenvalue weighted by Crippen LogP contribution is 2.30. The van der Waals surface area contributed by atoms with Gasteiger partial charge in [-0.2, -0.15) is 5.26 Å². The number of aromatic nitrogens is 2. The van der Waals surface area contributed by atoms with E-state index in [2.05, 4.69) is 21.4 Å². The number of ether oxygens (including phenoxy) is 2. The van der Waals surface area contributed by atoms with Crippen molar-refractivity contribution in [3.63, 3.8) is 0 Å². The lowest BCUT2D eigenvalue weighted by atomic mass is 10.1. The molecule has 0 radical (unpaired) electrons. The van der Waals surface area contributed by atoms with Gasteiger partial charge >= 0.3 is 0 Å². The fraction of sp³-hybridized carbons (Fsp3) is 0.292. The van der Waals surface area contributed by atoms with Crippen LogP contribution < -0.4 is 14.8 Å². The molecule has 0 bridgehead atoms. The van der Waals surface area contributed by atoms with Crippen molar-refractivity contribution in [2.45, 2.75) is 33.2 Å². The lowest BCUT2D eigenvalue weighted by molar-refractivity contribution is -0.124. The second kappa shape index (κ2) is 9.35. The summed E-state index contributed by atoms with van der Waals surface area (Å²) >= 11 is 0. The third-order valence-electron chi connectivity index (χ3n) is 4.22. The maximum Gasteiger partial charge on any atom is 0.258 e. The number of nitriles is 1. The van der Waals surface area contributed by atoms with Crippen LogP contribution >= 0.6 is 0 Å². The maximum atomic E-state index is 12.1. The van der Waals surface area contributed by atoms with Gasteiger partial charge in [-0.1, -0.05) is 18.2 Å². The molecular weight excluding hydrogens is 392 g/mol. The number of carbonyl (C=O) groups excluding carboxylic acids is 1. The molecule has 3 aromatic rings. The lowest BCUT2D eigenvalue weighted by Gasteiger charge is -2.20. The highest BCUT2D eigenvalue weighted by atomic mass is 16.5. The minimum absolute atomic E-state index is 0.116. The normalized spacial score (nSPS) is 11.8. The van der Waals surface area contributed by atoms with Gasteiger partial charge in [0.2, 0.25) is 0 Å². The molecular formula is C24H26N4O3. The highest BCUT2D eigenvalue weighted by molar-refractivity contribution is 5.90. The zero-order chi connectivity index (χ0) is 22.4. The first-order chi connectivity index (χ1) is 14.8. The Kier molecular flexibility index (Phi) is 6.61. The molecule has 0 aliphatic carbocycles. The Labute approximate surface area is 181 Å². The minimum Gasteiger partial charge on any atom is -0.490 e. The van der Waals surface area contributed by atoms with Crippen LogP contribution in [0.15, 0.2) is 42.5 Å². The Balaban J connectivity index is 1.83. The Morgan fingerprint density at radius 3 is 2.65 bits per heavy atom. The SMILES string of the molecule is CCOc1cc(C=C(C#N)c2nc3ccccc3[nH]2)ccc1OCC(=O)NC(C)(C)C. The summed E-state index contributed by atoms with van der Waals surface area (Å²) in [6.45, 7) is 7.92. The number of para-hydroxylation sites is 2. The van der Waals surface area contributed by atoms with Crippen molar-refractivity contribution in [3.8, 4) is 17.6 Å². The van der Waals surface area contributed by atoms with Crippen LogP contribution in [0.4, 0.5) is 0 Å². The van der Waals surface area contributed by atoms with Gasteiger partial charge in [-0.05, 0) is 63.6 Å². The average Bonchev–Trinajstić information content (AvgIpc) is 3.14. The number of benzene rings is 2. The zero-order valence-corrected chi connectivity index (χ0v) is 18.2. The number of H-pyrrole nitrogens is 1. The Morgan fingerprint density at radius 2 is 1.97 bits per heavy atom. The molecule has 2 N–H and O–H groups in total. The van der Waals surface area contributed by atoms with Crippen molar-refractivity contribution in [2.24, 2.45) is 0 Å². The van der Waals surface area contributed by atoms with Crippen LogP contribution in [-0.4, -0.2) is 34.6 Å². The summed E-state index contributed by atoms with van der Waals surface area (Å²) in [5, 5.41) is 12.5. The van der Waals surface area contributed by atoms with Crippen molar-refractivity contribution in [2.75, 3.05) is 13.2 Å². The van der Waals surface area contributed by atoms with Crippen LogP contribution in [0.25, 0.3) is 22.7 Å². The van der Waals surface area contributed by atoms with Crippen molar-refractivity contribution in [3.05, 3.63) is 53.9 Å². The largest absolute Gasteiger partial charge is 0.490 e. The molecule has 0 aliphatic rings. The summed E-state index contributed by atoms with van der Waals surface area (Å²) in [6.07, 6.45) is 1.73. The standard InChI is InChI=1S/C24H26N4O3/c1-5-30-21-13-16(10-11-20(21)31-15-22(29)28-24(2,3)4)12-17(14-25)23-26-18-8-6-7-9-19(18)27-23/h6-13H,5,15H2,1-4H3,(H,26,27)(H,28,29). The lowest BCUT2D eigenvalue weighted by Crippen LogP contribution is -2.43. The van der Waals surface area contributed by atoms with Gasteiger partial charge in [0, 0.05) is 5.54 Å². The summed E-state index contributed by atoms with van der Waals surface area (Å²) in [7, 11) is 0. The predicted octanol–water partition coefficient (Wildman–Crippen LogP) is 4.32. The molecule has 7 heteroatoms. The van der Waals surface area contributed by atoms with Gasteiger partial charge in [0.25, 0.3) is 5.91 Å². The van der Waals surface area contributed by atoms with Crippen molar-refractivity contribution in [1.82, 2.24) is 15.3 Å². The van der Waals surface area contributed by atoms with E-state index < -0.39 is 0 Å². The molecule has 0 saturated carbocycles. The summed E-state index contributed by atoms with van der Waals surface area (Å²) in [4.78, 5) is 19.7. The Morgan fingerprint density at radius 1 is 1.19 bits per heavy atom. The van der Waals surface area contributed by atoms with Crippen LogP contribution in [0, 0.1) is 11.3 Å². The topological polar surface area (TPSA) is 100 Å². The van der Waals surface area contributed by atoms with Crippen molar-refractivity contribution in [1.29, 1.82) is 5.26 Å². The number of aromatic amines is 1. The number of nitrogens with one attached hydrogen (secondary N) is 2. The molecule has 31 heavy (non-hydrogen) atoms. The summed E-state index contributed by atoms with van der Waals surface area (Å²) in [5.74, 6) is 1.25. The second-order valence-electron chi connectivity index (χ2n) is 8.00. The molecule has 1 aromatic heterocycles. The molecule has 160 valence electrons. The van der Waals surface area contributed by atoms with E-state index in [0.29, 0.717) is 29.5 Å². The van der Waals surface area contributed by atoms with E-state index in [-0.39, 0.29) is 18.1 Å². The molecule has 3 rings (SSSR count). The number of amides is 1. The molecule has 0 aliphatic heterocycles. The smallest absolute Gasteiger partial charge is 0.258 e. The van der Waals surface area contributed by atoms with E-state index in [4.69, 9.17) is 9.47 Å². The van der Waals surface area contributed by atoms with E-state index in [1.165, 1.54) is 0 Å². The van der Waals surface area contributed by atoms with Crippen LogP contribution in [0.1, 0.15) is 39.1 Å². The molecule has 0 fully saturated rings. The van der Waals surface area contributed by atoms with Crippen molar-refractivity contribution < 1.29 is 14.3 Å². The third-order valence-corrected chi connectivity index (χ3v) is 4.22. The summed E-state index contributed by atoms with van der Waals surface area (Å²) < 4.78 is 11.4. The number of nitrogens with zero attached hydrogens (tertiary/aromatic N) is 2. The summed E-state index contributed by atoms with van der Waals surface area (Å²) in [6, 6.07) is 15.1. The molecule has 2 aromatic carbocycles. The molecule has 1 heterocycles. The van der Waals surface area contributed by atoms with E-state index in [0.717, 1.165) is 16.6 Å². The van der Waals surface area contributed by atoms with Crippen LogP contribution in [-0.2, 0) is 4.79 Å². The average molecular weight is 418 g/mol. The number of allylic oxidation sites excluding steroid dienone is 1.